The van der Waals surface area contributed by atoms with Gasteiger partial charge in [0, 0.05) is 13.1 Å². The van der Waals surface area contributed by atoms with Crippen LogP contribution in [0, 0.1) is 0 Å². The van der Waals surface area contributed by atoms with E-state index in [-0.39, 0.29) is 5.54 Å². The Morgan fingerprint density at radius 2 is 2.06 bits per heavy atom. The molecule has 3 rings (SSSR count). The van der Waals surface area contributed by atoms with E-state index in [1.54, 1.807) is 0 Å². The molecule has 0 atom stereocenters. The lowest BCUT2D eigenvalue weighted by molar-refractivity contribution is 0.118. The first-order chi connectivity index (χ1) is 8.59. The molecular formula is C14H17N3O. The molecule has 4 nitrogen and oxygen atoms in total. The van der Waals surface area contributed by atoms with Gasteiger partial charge in [-0.05, 0) is 19.4 Å². The van der Waals surface area contributed by atoms with Crippen molar-refractivity contribution in [1.82, 2.24) is 10.1 Å². The molecule has 94 valence electrons. The van der Waals surface area contributed by atoms with Gasteiger partial charge in [0.25, 0.3) is 0 Å². The smallest absolute Gasteiger partial charge is 0.226 e. The molecule has 0 bridgehead atoms. The Balaban J connectivity index is 1.89. The molecule has 4 heteroatoms. The summed E-state index contributed by atoms with van der Waals surface area (Å²) in [5.74, 6) is 0.452. The molecule has 2 N–H and O–H groups in total. The van der Waals surface area contributed by atoms with Gasteiger partial charge in [-0.3, -0.25) is 4.90 Å². The summed E-state index contributed by atoms with van der Waals surface area (Å²) in [6.07, 6.45) is 0. The predicted octanol–water partition coefficient (Wildman–Crippen LogP) is 2.51. The lowest BCUT2D eigenvalue weighted by Gasteiger charge is -2.31. The number of rotatable bonds is 2. The minimum absolute atomic E-state index is 0.133. The molecular weight excluding hydrogens is 226 g/mol. The van der Waals surface area contributed by atoms with Crippen LogP contribution in [0.25, 0.3) is 0 Å². The monoisotopic (exact) mass is 243 g/mol. The minimum Gasteiger partial charge on any atom is -0.367 e. The standard InChI is InChI=1S/C14H17N3O/c1-14(2)12-11(13(15)18-16-12)9-17(14)8-10-6-4-3-5-7-10/h3-7H,8-9,15H2,1-2H3. The van der Waals surface area contributed by atoms with Gasteiger partial charge in [0.15, 0.2) is 0 Å². The lowest BCUT2D eigenvalue weighted by atomic mass is 10.0. The number of aromatic nitrogens is 1. The van der Waals surface area contributed by atoms with E-state index in [9.17, 15) is 0 Å². The molecule has 0 saturated heterocycles. The topological polar surface area (TPSA) is 55.3 Å². The highest BCUT2D eigenvalue weighted by molar-refractivity contribution is 5.44. The number of hydrogen-bond donors (Lipinski definition) is 1. The molecule has 0 radical (unpaired) electrons. The van der Waals surface area contributed by atoms with Crippen molar-refractivity contribution >= 4 is 5.88 Å². The summed E-state index contributed by atoms with van der Waals surface area (Å²) >= 11 is 0. The summed E-state index contributed by atoms with van der Waals surface area (Å²) in [5.41, 5.74) is 8.98. The normalized spacial score (nSPS) is 17.9. The lowest BCUT2D eigenvalue weighted by Crippen LogP contribution is -2.35. The zero-order valence-corrected chi connectivity index (χ0v) is 10.7. The third-order valence-corrected chi connectivity index (χ3v) is 3.75. The van der Waals surface area contributed by atoms with E-state index in [0.717, 1.165) is 24.3 Å². The summed E-state index contributed by atoms with van der Waals surface area (Å²) in [6, 6.07) is 10.4. The molecule has 0 amide bonds. The first-order valence-corrected chi connectivity index (χ1v) is 6.12. The molecule has 2 aromatic rings. The predicted molar refractivity (Wildman–Crippen MR) is 69.6 cm³/mol. The zero-order chi connectivity index (χ0) is 12.8. The summed E-state index contributed by atoms with van der Waals surface area (Å²) in [6.45, 7) is 6.00. The summed E-state index contributed by atoms with van der Waals surface area (Å²) in [5, 5.41) is 4.10. The summed E-state index contributed by atoms with van der Waals surface area (Å²) < 4.78 is 5.07. The van der Waals surface area contributed by atoms with Crippen LogP contribution in [0.5, 0.6) is 0 Å². The number of anilines is 1. The van der Waals surface area contributed by atoms with Gasteiger partial charge >= 0.3 is 0 Å². The molecule has 0 unspecified atom stereocenters. The van der Waals surface area contributed by atoms with Crippen LogP contribution >= 0.6 is 0 Å². The van der Waals surface area contributed by atoms with Crippen molar-refractivity contribution in [1.29, 1.82) is 0 Å². The van der Waals surface area contributed by atoms with Crippen LogP contribution in [0.2, 0.25) is 0 Å². The molecule has 1 aromatic heterocycles. The Labute approximate surface area is 106 Å². The maximum Gasteiger partial charge on any atom is 0.226 e. The van der Waals surface area contributed by atoms with E-state index < -0.39 is 0 Å². The number of nitrogens with two attached hydrogens (primary N) is 1. The van der Waals surface area contributed by atoms with E-state index in [1.165, 1.54) is 5.56 Å². The van der Waals surface area contributed by atoms with Crippen molar-refractivity contribution in [3.8, 4) is 0 Å². The summed E-state index contributed by atoms with van der Waals surface area (Å²) in [4.78, 5) is 2.37. The van der Waals surface area contributed by atoms with Crippen molar-refractivity contribution in [3.05, 3.63) is 47.2 Å². The average Bonchev–Trinajstić information content (AvgIpc) is 2.82. The highest BCUT2D eigenvalue weighted by Gasteiger charge is 2.42. The second kappa shape index (κ2) is 3.85. The van der Waals surface area contributed by atoms with E-state index in [0.29, 0.717) is 5.88 Å². The fourth-order valence-corrected chi connectivity index (χ4v) is 2.55. The van der Waals surface area contributed by atoms with Crippen molar-refractivity contribution in [2.45, 2.75) is 32.5 Å². The quantitative estimate of drug-likeness (QED) is 0.880. The molecule has 1 aromatic carbocycles. The molecule has 1 aliphatic heterocycles. The van der Waals surface area contributed by atoms with E-state index >= 15 is 0 Å². The first-order valence-electron chi connectivity index (χ1n) is 6.12. The molecule has 0 saturated carbocycles. The fourth-order valence-electron chi connectivity index (χ4n) is 2.55. The van der Waals surface area contributed by atoms with Crippen LogP contribution in [0.3, 0.4) is 0 Å². The minimum atomic E-state index is -0.133. The first kappa shape index (κ1) is 11.3. The second-order valence-corrected chi connectivity index (χ2v) is 5.27. The van der Waals surface area contributed by atoms with Crippen LogP contribution < -0.4 is 5.73 Å². The third-order valence-electron chi connectivity index (χ3n) is 3.75. The SMILES string of the molecule is CC1(C)c2noc(N)c2CN1Cc1ccccc1. The van der Waals surface area contributed by atoms with Crippen LogP contribution in [-0.2, 0) is 18.6 Å². The van der Waals surface area contributed by atoms with Crippen molar-refractivity contribution in [2.24, 2.45) is 0 Å². The zero-order valence-electron chi connectivity index (χ0n) is 10.7. The maximum absolute atomic E-state index is 5.81. The maximum atomic E-state index is 5.81. The Hall–Kier alpha value is -1.81. The van der Waals surface area contributed by atoms with Gasteiger partial charge in [-0.2, -0.15) is 0 Å². The van der Waals surface area contributed by atoms with Gasteiger partial charge in [0.05, 0.1) is 11.1 Å². The van der Waals surface area contributed by atoms with Crippen LogP contribution in [0.4, 0.5) is 5.88 Å². The van der Waals surface area contributed by atoms with E-state index in [1.807, 2.05) is 6.07 Å². The van der Waals surface area contributed by atoms with E-state index in [4.69, 9.17) is 10.3 Å². The third kappa shape index (κ3) is 1.61. The highest BCUT2D eigenvalue weighted by atomic mass is 16.5. The molecule has 0 aliphatic carbocycles. The molecule has 0 spiro atoms. The Morgan fingerprint density at radius 1 is 1.33 bits per heavy atom. The fraction of sp³-hybridized carbons (Fsp3) is 0.357. The molecule has 0 fully saturated rings. The van der Waals surface area contributed by atoms with Gasteiger partial charge in [0.2, 0.25) is 5.88 Å². The molecule has 2 heterocycles. The molecule has 18 heavy (non-hydrogen) atoms. The van der Waals surface area contributed by atoms with Crippen molar-refractivity contribution < 1.29 is 4.52 Å². The van der Waals surface area contributed by atoms with Crippen LogP contribution in [0.1, 0.15) is 30.7 Å². The number of nitrogens with zero attached hydrogens (tertiary/aromatic N) is 2. The Bertz CT molecular complexity index is 560. The second-order valence-electron chi connectivity index (χ2n) is 5.27. The number of fused-ring (bicyclic) bond motifs is 1. The van der Waals surface area contributed by atoms with Gasteiger partial charge in [0.1, 0.15) is 5.69 Å². The largest absolute Gasteiger partial charge is 0.367 e. The van der Waals surface area contributed by atoms with Gasteiger partial charge < -0.3 is 10.3 Å². The van der Waals surface area contributed by atoms with E-state index in [2.05, 4.69) is 48.2 Å². The Kier molecular flexibility index (Phi) is 2.41. The van der Waals surface area contributed by atoms with Crippen molar-refractivity contribution in [2.75, 3.05) is 5.73 Å². The Morgan fingerprint density at radius 3 is 2.72 bits per heavy atom. The average molecular weight is 243 g/mol. The van der Waals surface area contributed by atoms with Crippen LogP contribution in [-0.4, -0.2) is 10.1 Å². The van der Waals surface area contributed by atoms with Crippen LogP contribution in [0.15, 0.2) is 34.9 Å². The number of benzene rings is 1. The van der Waals surface area contributed by atoms with Gasteiger partial charge in [-0.25, -0.2) is 0 Å². The van der Waals surface area contributed by atoms with Gasteiger partial charge in [-0.1, -0.05) is 35.5 Å². The van der Waals surface area contributed by atoms with Crippen molar-refractivity contribution in [3.63, 3.8) is 0 Å². The molecule has 1 aliphatic rings. The number of hydrogen-bond acceptors (Lipinski definition) is 4. The highest BCUT2D eigenvalue weighted by Crippen LogP contribution is 2.41. The summed E-state index contributed by atoms with van der Waals surface area (Å²) in [7, 11) is 0. The number of nitrogen functional groups attached to an aromatic ring is 1. The van der Waals surface area contributed by atoms with Gasteiger partial charge in [-0.15, -0.1) is 0 Å².